The van der Waals surface area contributed by atoms with E-state index < -0.39 is 23.8 Å². The molecule has 10 heteroatoms. The fraction of sp³-hybridized carbons (Fsp3) is 0.577. The smallest absolute Gasteiger partial charge is 0.264 e. The molecular weight excluding hydrogens is 462 g/mol. The van der Waals surface area contributed by atoms with Crippen LogP contribution < -0.4 is 15.5 Å². The molecule has 1 atom stereocenters. The van der Waals surface area contributed by atoms with E-state index in [-0.39, 0.29) is 36.0 Å². The first-order valence-corrected chi connectivity index (χ1v) is 13.0. The van der Waals surface area contributed by atoms with Crippen LogP contribution in [0.3, 0.4) is 0 Å². The second-order valence-electron chi connectivity index (χ2n) is 10.8. The summed E-state index contributed by atoms with van der Waals surface area (Å²) in [5.41, 5.74) is 1.62. The van der Waals surface area contributed by atoms with E-state index in [2.05, 4.69) is 15.5 Å². The number of anilines is 1. The van der Waals surface area contributed by atoms with Gasteiger partial charge in [0.25, 0.3) is 11.8 Å². The van der Waals surface area contributed by atoms with Crippen LogP contribution in [0, 0.1) is 11.3 Å². The number of piperidine rings is 3. The molecule has 0 radical (unpaired) electrons. The zero-order valence-corrected chi connectivity index (χ0v) is 20.3. The van der Waals surface area contributed by atoms with Crippen molar-refractivity contribution in [1.82, 2.24) is 20.4 Å². The lowest BCUT2D eigenvalue weighted by Crippen LogP contribution is -2.55. The second-order valence-corrected chi connectivity index (χ2v) is 10.8. The monoisotopic (exact) mass is 493 g/mol. The Labute approximate surface area is 209 Å². The highest BCUT2D eigenvalue weighted by molar-refractivity contribution is 6.25. The highest BCUT2D eigenvalue weighted by Crippen LogP contribution is 2.44. The van der Waals surface area contributed by atoms with Gasteiger partial charge in [0.05, 0.1) is 22.7 Å². The molecule has 5 heterocycles. The molecule has 0 aromatic heterocycles. The minimum atomic E-state index is -0.962. The number of imide groups is 2. The van der Waals surface area contributed by atoms with Crippen molar-refractivity contribution in [3.05, 3.63) is 29.3 Å². The van der Waals surface area contributed by atoms with Crippen molar-refractivity contribution >= 4 is 35.2 Å². The van der Waals surface area contributed by atoms with Crippen LogP contribution in [0.4, 0.5) is 5.69 Å². The summed E-state index contributed by atoms with van der Waals surface area (Å²) < 4.78 is 0. The van der Waals surface area contributed by atoms with Crippen LogP contribution in [0.2, 0.25) is 0 Å². The van der Waals surface area contributed by atoms with Gasteiger partial charge in [-0.15, -0.1) is 0 Å². The summed E-state index contributed by atoms with van der Waals surface area (Å²) in [6, 6.07) is 4.35. The van der Waals surface area contributed by atoms with Gasteiger partial charge in [-0.05, 0) is 49.7 Å². The largest absolute Gasteiger partial charge is 0.371 e. The SMILES string of the molecule is O=C1CCC(N2C(=O)c3cccc(N4CCC5(CCN(C(=O)C6CNC6)CC5)CC4)c3C2=O)C(=O)N1. The molecule has 5 aliphatic heterocycles. The van der Waals surface area contributed by atoms with Gasteiger partial charge in [0.2, 0.25) is 17.7 Å². The van der Waals surface area contributed by atoms with Crippen molar-refractivity contribution < 1.29 is 24.0 Å². The first-order valence-electron chi connectivity index (χ1n) is 13.0. The van der Waals surface area contributed by atoms with E-state index in [0.29, 0.717) is 11.1 Å². The average molecular weight is 494 g/mol. The van der Waals surface area contributed by atoms with Crippen molar-refractivity contribution in [1.29, 1.82) is 0 Å². The van der Waals surface area contributed by atoms with E-state index in [1.807, 2.05) is 11.0 Å². The first kappa shape index (κ1) is 23.1. The molecule has 5 aliphatic rings. The lowest BCUT2D eigenvalue weighted by atomic mass is 9.71. The van der Waals surface area contributed by atoms with Gasteiger partial charge >= 0.3 is 0 Å². The molecule has 5 amide bonds. The zero-order valence-electron chi connectivity index (χ0n) is 20.3. The van der Waals surface area contributed by atoms with E-state index in [1.165, 1.54) is 0 Å². The molecule has 0 aliphatic carbocycles. The van der Waals surface area contributed by atoms with Crippen molar-refractivity contribution in [3.63, 3.8) is 0 Å². The topological polar surface area (TPSA) is 119 Å². The van der Waals surface area contributed by atoms with Gasteiger partial charge in [0.15, 0.2) is 0 Å². The molecule has 4 saturated heterocycles. The van der Waals surface area contributed by atoms with Gasteiger partial charge in [-0.3, -0.25) is 34.2 Å². The van der Waals surface area contributed by atoms with Crippen LogP contribution in [-0.2, 0) is 14.4 Å². The van der Waals surface area contributed by atoms with Gasteiger partial charge in [0.1, 0.15) is 6.04 Å². The fourth-order valence-electron chi connectivity index (χ4n) is 6.41. The van der Waals surface area contributed by atoms with Crippen LogP contribution in [0.1, 0.15) is 59.2 Å². The summed E-state index contributed by atoms with van der Waals surface area (Å²) in [5.74, 6) is -1.49. The van der Waals surface area contributed by atoms with E-state index in [4.69, 9.17) is 0 Å². The molecule has 2 N–H and O–H groups in total. The molecule has 1 aromatic carbocycles. The molecule has 1 aromatic rings. The first-order chi connectivity index (χ1) is 17.4. The van der Waals surface area contributed by atoms with Crippen molar-refractivity contribution in [2.24, 2.45) is 11.3 Å². The Morgan fingerprint density at radius 2 is 1.61 bits per heavy atom. The molecule has 1 spiro atoms. The summed E-state index contributed by atoms with van der Waals surface area (Å²) >= 11 is 0. The maximum Gasteiger partial charge on any atom is 0.264 e. The lowest BCUT2D eigenvalue weighted by Gasteiger charge is -2.48. The summed E-state index contributed by atoms with van der Waals surface area (Å²) in [4.78, 5) is 68.4. The highest BCUT2D eigenvalue weighted by atomic mass is 16.2. The van der Waals surface area contributed by atoms with Gasteiger partial charge in [-0.25, -0.2) is 0 Å². The number of carbonyl (C=O) groups is 5. The summed E-state index contributed by atoms with van der Waals surface area (Å²) in [7, 11) is 0. The van der Waals surface area contributed by atoms with E-state index in [9.17, 15) is 24.0 Å². The number of fused-ring (bicyclic) bond motifs is 1. The van der Waals surface area contributed by atoms with Gasteiger partial charge in [-0.1, -0.05) is 6.07 Å². The number of rotatable bonds is 3. The van der Waals surface area contributed by atoms with Gasteiger partial charge in [0, 0.05) is 45.7 Å². The Bertz CT molecular complexity index is 1140. The molecule has 0 saturated carbocycles. The third-order valence-electron chi connectivity index (χ3n) is 8.88. The quantitative estimate of drug-likeness (QED) is 0.589. The fourth-order valence-corrected chi connectivity index (χ4v) is 6.41. The minimum absolute atomic E-state index is 0.103. The van der Waals surface area contributed by atoms with Gasteiger partial charge in [-0.2, -0.15) is 0 Å². The zero-order chi connectivity index (χ0) is 25.0. The predicted octanol–water partition coefficient (Wildman–Crippen LogP) is 0.516. The third-order valence-corrected chi connectivity index (χ3v) is 8.88. The predicted molar refractivity (Wildman–Crippen MR) is 129 cm³/mol. The van der Waals surface area contributed by atoms with Crippen LogP contribution in [0.15, 0.2) is 18.2 Å². The number of carbonyl (C=O) groups excluding carboxylic acids is 5. The number of hydrogen-bond donors (Lipinski definition) is 2. The Morgan fingerprint density at radius 3 is 2.25 bits per heavy atom. The highest BCUT2D eigenvalue weighted by Gasteiger charge is 2.47. The number of amides is 5. The number of nitrogens with one attached hydrogen (secondary N) is 2. The van der Waals surface area contributed by atoms with Crippen LogP contribution in [-0.4, -0.2) is 84.6 Å². The Hall–Kier alpha value is -3.27. The lowest BCUT2D eigenvalue weighted by molar-refractivity contribution is -0.140. The Balaban J connectivity index is 1.14. The minimum Gasteiger partial charge on any atom is -0.371 e. The maximum absolute atomic E-state index is 13.4. The van der Waals surface area contributed by atoms with Crippen molar-refractivity contribution in [2.45, 2.75) is 44.6 Å². The van der Waals surface area contributed by atoms with Crippen LogP contribution in [0.25, 0.3) is 0 Å². The molecule has 4 fully saturated rings. The third kappa shape index (κ3) is 3.70. The normalized spacial score (nSPS) is 26.2. The summed E-state index contributed by atoms with van der Waals surface area (Å²) in [6.45, 7) is 4.75. The van der Waals surface area contributed by atoms with Crippen LogP contribution >= 0.6 is 0 Å². The van der Waals surface area contributed by atoms with Gasteiger partial charge < -0.3 is 15.1 Å². The molecule has 6 rings (SSSR count). The molecule has 0 bridgehead atoms. The Morgan fingerprint density at radius 1 is 0.917 bits per heavy atom. The molecular formula is C26H31N5O5. The standard InChI is InChI=1S/C26H31N5O5/c32-20-5-4-19(22(33)28-20)31-24(35)17-2-1-3-18(21(17)25(31)36)29-10-6-26(7-11-29)8-12-30(13-9-26)23(34)16-14-27-15-16/h1-3,16,19,27H,4-15H2,(H,28,32,33). The molecule has 190 valence electrons. The number of nitrogens with zero attached hydrogens (tertiary/aromatic N) is 3. The van der Waals surface area contributed by atoms with Crippen LogP contribution in [0.5, 0.6) is 0 Å². The molecule has 10 nitrogen and oxygen atoms in total. The van der Waals surface area contributed by atoms with E-state index in [1.54, 1.807) is 12.1 Å². The summed E-state index contributed by atoms with van der Waals surface area (Å²) in [5, 5.41) is 5.42. The average Bonchev–Trinajstić information content (AvgIpc) is 3.09. The van der Waals surface area contributed by atoms with E-state index in [0.717, 1.165) is 75.5 Å². The molecule has 36 heavy (non-hydrogen) atoms. The van der Waals surface area contributed by atoms with Crippen molar-refractivity contribution in [2.75, 3.05) is 44.2 Å². The number of benzene rings is 1. The van der Waals surface area contributed by atoms with E-state index >= 15 is 0 Å². The second kappa shape index (κ2) is 8.69. The number of likely N-dealkylation sites (tertiary alicyclic amines) is 1. The maximum atomic E-state index is 13.4. The summed E-state index contributed by atoms with van der Waals surface area (Å²) in [6.07, 6.45) is 4.20. The number of hydrogen-bond acceptors (Lipinski definition) is 7. The molecule has 1 unspecified atom stereocenters. The Kier molecular flexibility index (Phi) is 5.59. The van der Waals surface area contributed by atoms with Crippen molar-refractivity contribution in [3.8, 4) is 0 Å².